The number of fused-ring (bicyclic) bond motifs is 16. The van der Waals surface area contributed by atoms with Crippen molar-refractivity contribution >= 4 is 150 Å². The minimum Gasteiger partial charge on any atom is -0.456 e. The van der Waals surface area contributed by atoms with Crippen LogP contribution in [0.1, 0.15) is 64.5 Å². The third kappa shape index (κ3) is 7.17. The lowest BCUT2D eigenvalue weighted by molar-refractivity contribution is 0.668. The highest BCUT2D eigenvalue weighted by Gasteiger charge is 2.22. The van der Waals surface area contributed by atoms with Crippen LogP contribution >= 0.6 is 22.7 Å². The number of hydrogen-bond acceptors (Lipinski definition) is 4. The SMILES string of the molecule is [2H]c1c([2H])c([2H])c2c(oc3c([2H])c(-c4c5c([2H])c([2H])c([2H])c([2H])c5c(-c5c([2H])c([2H])c([2H])c6c5sc5c([2H])c([2H])c([2H])c([2H])c56)c5c([2H])c([2H])c([2H])c([2H])c45)c([2H])c([2H])c32)c1[2H].[2H]c1c([2H])c([2H])c2c(oc3c([2H])c(-c4c5c([2H])c([2H])c([2H])c([2H])c5c(-c5c([2H])c([2H])c6c(sc7c([2H])c([2H])c([2H])c([2H])c76)c5[2H])c5c([2H])c(C)c([2H])c([2H])c45)c([2H])c([2H])c32)c1[2H]. The Morgan fingerprint density at radius 1 is 0.259 bits per heavy atom. The molecule has 0 bridgehead atoms. The van der Waals surface area contributed by atoms with Crippen LogP contribution in [0.15, 0.2) is 269 Å². The van der Waals surface area contributed by atoms with E-state index in [4.69, 9.17) is 43.1 Å². The third-order valence-electron chi connectivity index (χ3n) is 13.6. The highest BCUT2D eigenvalue weighted by molar-refractivity contribution is 7.26. The third-order valence-corrected chi connectivity index (χ3v) is 15.7. The van der Waals surface area contributed by atoms with Gasteiger partial charge in [0.2, 0.25) is 0 Å². The van der Waals surface area contributed by atoms with Gasteiger partial charge in [0.25, 0.3) is 0 Å². The van der Waals surface area contributed by atoms with Crippen LogP contribution < -0.4 is 0 Å². The molecule has 0 fully saturated rings. The molecule has 0 aliphatic carbocycles. The van der Waals surface area contributed by atoms with Crippen LogP contribution in [0.3, 0.4) is 0 Å². The maximum atomic E-state index is 9.61. The number of hydrogen-bond donors (Lipinski definition) is 0. The Hall–Kier alpha value is -9.84. The molecule has 0 saturated carbocycles. The van der Waals surface area contributed by atoms with Crippen LogP contribution in [0, 0.1) is 6.92 Å². The largest absolute Gasteiger partial charge is 0.456 e. The summed E-state index contributed by atoms with van der Waals surface area (Å²) in [4.78, 5) is 0. The molecule has 0 radical (unpaired) electrons. The normalized spacial score (nSPS) is 19.4. The van der Waals surface area contributed by atoms with E-state index in [1.165, 1.54) is 6.92 Å². The van der Waals surface area contributed by atoms with E-state index in [2.05, 4.69) is 0 Å². The minimum atomic E-state index is -0.878. The summed E-state index contributed by atoms with van der Waals surface area (Å²) in [5.41, 5.74) is -6.11. The molecule has 2 nitrogen and oxygen atoms in total. The minimum absolute atomic E-state index is 0.0213. The topological polar surface area (TPSA) is 26.3 Å². The van der Waals surface area contributed by atoms with Gasteiger partial charge in [-0.2, -0.15) is 0 Å². The van der Waals surface area contributed by atoms with Crippen molar-refractivity contribution in [2.24, 2.45) is 0 Å². The molecule has 0 saturated heterocycles. The Morgan fingerprint density at radius 2 is 0.630 bits per heavy atom. The van der Waals surface area contributed by atoms with Crippen molar-refractivity contribution in [3.63, 3.8) is 0 Å². The van der Waals surface area contributed by atoms with Gasteiger partial charge in [0.1, 0.15) is 22.3 Å². The van der Waals surface area contributed by atoms with E-state index in [1.54, 1.807) is 0 Å². The van der Waals surface area contributed by atoms with E-state index in [9.17, 15) is 24.7 Å². The van der Waals surface area contributed by atoms with E-state index in [-0.39, 0.29) is 72.8 Å². The first-order chi connectivity index (χ1) is 58.0. The van der Waals surface area contributed by atoms with Crippen LogP contribution in [0.5, 0.6) is 0 Å². The van der Waals surface area contributed by atoms with Crippen molar-refractivity contribution in [3.05, 3.63) is 265 Å². The van der Waals surface area contributed by atoms with Crippen molar-refractivity contribution in [3.8, 4) is 44.5 Å². The molecule has 14 aromatic carbocycles. The second-order valence-corrected chi connectivity index (χ2v) is 20.1. The first-order valence-electron chi connectivity index (χ1n) is 45.6. The standard InChI is InChI=1S/C39H24OS.C38H22OS/c1-23-14-17-32-33(20-23)39(25-16-19-29-28-9-5-7-13-36(28)41-37(29)22-25)31-11-3-2-10-30(31)38(32)24-15-18-27-26-8-4-6-12-34(26)40-35(27)21-24;1-3-14-29-27(12-1)36(23-20-21-25-24-10-5-7-18-33(24)39-34(25)22-23)28-13-2-4-15-30(28)37(29)32-17-9-16-31-26-11-6-8-19-35(26)40-38(31)32/h2-22H,1H3;1-22H/i2D,3D,4D,5D,6D,7D,8D,9D,10D,11D,12D,13D,14D,15D,16D,17D,18D,19D,20D,21D,22D;1D,2D,3D,4D,5D,6D,7D,8D,9D,10D,11D,12D,13D,14D,15D,16D,17D,18D,19D,20D,21D,22D. The van der Waals surface area contributed by atoms with Crippen molar-refractivity contribution < 1.29 is 67.8 Å². The van der Waals surface area contributed by atoms with E-state index >= 15 is 0 Å². The summed E-state index contributed by atoms with van der Waals surface area (Å²) in [5.74, 6) is 0. The fraction of sp³-hybridized carbons (Fsp3) is 0.0130. The number of benzene rings is 14. The van der Waals surface area contributed by atoms with Gasteiger partial charge in [-0.1, -0.05) is 211 Å². The molecule has 18 aromatic rings. The quantitative estimate of drug-likeness (QED) is 0.164. The van der Waals surface area contributed by atoms with Crippen molar-refractivity contribution in [2.45, 2.75) is 6.92 Å². The fourth-order valence-corrected chi connectivity index (χ4v) is 12.3. The summed E-state index contributed by atoms with van der Waals surface area (Å²) in [6.07, 6.45) is 0. The molecule has 0 aliphatic rings. The van der Waals surface area contributed by atoms with Gasteiger partial charge in [-0.3, -0.25) is 0 Å². The molecule has 0 spiro atoms. The van der Waals surface area contributed by atoms with Gasteiger partial charge in [0, 0.05) is 67.5 Å². The molecule has 0 atom stereocenters. The molecule has 378 valence electrons. The Kier molecular flexibility index (Phi) is 4.62. The average molecular weight is 1110 g/mol. The summed E-state index contributed by atoms with van der Waals surface area (Å²) in [5, 5.41) is -6.04. The second kappa shape index (κ2) is 18.1. The molecule has 4 aromatic heterocycles. The van der Waals surface area contributed by atoms with Crippen molar-refractivity contribution in [2.75, 3.05) is 0 Å². The molecule has 4 heterocycles. The lowest BCUT2D eigenvalue weighted by atomic mass is 9.85. The molecular formula is C77H46O2S2. The maximum Gasteiger partial charge on any atom is 0.136 e. The Labute approximate surface area is 534 Å². The molecule has 81 heavy (non-hydrogen) atoms. The lowest BCUT2D eigenvalue weighted by Gasteiger charge is -2.18. The molecule has 0 N–H and O–H groups in total. The number of thiophene rings is 2. The number of furan rings is 2. The van der Waals surface area contributed by atoms with Crippen molar-refractivity contribution in [1.82, 2.24) is 0 Å². The Bertz CT molecular complexity index is 7880. The monoisotopic (exact) mass is 1110 g/mol. The van der Waals surface area contributed by atoms with Gasteiger partial charge in [-0.05, 0) is 143 Å². The first kappa shape index (κ1) is 20.7. The molecular weight excluding hydrogens is 1020 g/mol. The summed E-state index contributed by atoms with van der Waals surface area (Å²) >= 11 is 1.41. The molecule has 0 unspecified atom stereocenters. The van der Waals surface area contributed by atoms with E-state index in [1.807, 2.05) is 0 Å². The Morgan fingerprint density at radius 3 is 1.19 bits per heavy atom. The molecule has 18 rings (SSSR count). The van der Waals surface area contributed by atoms with Crippen LogP contribution in [0.4, 0.5) is 0 Å². The van der Waals surface area contributed by atoms with Gasteiger partial charge >= 0.3 is 0 Å². The van der Waals surface area contributed by atoms with Crippen LogP contribution in [0.2, 0.25) is 0 Å². The number of rotatable bonds is 4. The van der Waals surface area contributed by atoms with Gasteiger partial charge in [-0.25, -0.2) is 0 Å². The lowest BCUT2D eigenvalue weighted by Crippen LogP contribution is -1.91. The second-order valence-electron chi connectivity index (χ2n) is 18.0. The van der Waals surface area contributed by atoms with E-state index < -0.39 is 364 Å². The highest BCUT2D eigenvalue weighted by atomic mass is 32.1. The smallest absolute Gasteiger partial charge is 0.136 e. The van der Waals surface area contributed by atoms with E-state index in [0.717, 1.165) is 11.3 Å². The molecule has 4 heteroatoms. The van der Waals surface area contributed by atoms with Crippen molar-refractivity contribution in [1.29, 1.82) is 0 Å². The summed E-state index contributed by atoms with van der Waals surface area (Å²) in [6.45, 7) is 1.33. The Balaban J connectivity index is 0.000000176. The van der Waals surface area contributed by atoms with Gasteiger partial charge in [0.15, 0.2) is 0 Å². The summed E-state index contributed by atoms with van der Waals surface area (Å²) < 4.78 is 394. The predicted molar refractivity (Wildman–Crippen MR) is 350 cm³/mol. The summed E-state index contributed by atoms with van der Waals surface area (Å²) in [7, 11) is 0. The molecule has 0 amide bonds. The van der Waals surface area contributed by atoms with Gasteiger partial charge in [-0.15, -0.1) is 22.7 Å². The van der Waals surface area contributed by atoms with Crippen LogP contribution in [-0.2, 0) is 0 Å². The first-order valence-corrected chi connectivity index (χ1v) is 25.8. The van der Waals surface area contributed by atoms with Gasteiger partial charge in [0.05, 0.1) is 58.9 Å². The summed E-state index contributed by atoms with van der Waals surface area (Å²) in [6, 6.07) is -30.5. The maximum absolute atomic E-state index is 9.61. The zero-order valence-electron chi connectivity index (χ0n) is 83.6. The number of para-hydroxylation sites is 2. The van der Waals surface area contributed by atoms with Crippen LogP contribution in [0.25, 0.3) is 172 Å². The molecule has 0 aliphatic heterocycles. The zero-order valence-corrected chi connectivity index (χ0v) is 42.3. The highest BCUT2D eigenvalue weighted by Crippen LogP contribution is 2.50. The zero-order chi connectivity index (χ0) is 90.7. The van der Waals surface area contributed by atoms with Crippen LogP contribution in [-0.4, -0.2) is 0 Å². The fourth-order valence-electron chi connectivity index (χ4n) is 10.2. The predicted octanol–water partition coefficient (Wildman–Crippen LogP) is 23.5. The van der Waals surface area contributed by atoms with Gasteiger partial charge < -0.3 is 8.83 Å². The average Bonchev–Trinajstić information content (AvgIpc) is 0.956. The van der Waals surface area contributed by atoms with E-state index in [0.29, 0.717) is 11.3 Å².